The molecular weight excluding hydrogens is 455 g/mol. The summed E-state index contributed by atoms with van der Waals surface area (Å²) in [5, 5.41) is 4.62. The number of benzene rings is 2. The lowest BCUT2D eigenvalue weighted by molar-refractivity contribution is -0.136. The Balaban J connectivity index is 1.50. The molecule has 0 unspecified atom stereocenters. The van der Waals surface area contributed by atoms with Crippen LogP contribution < -0.4 is 0 Å². The monoisotopic (exact) mass is 472 g/mol. The summed E-state index contributed by atoms with van der Waals surface area (Å²) in [7, 11) is 1.63. The second-order valence-electron chi connectivity index (χ2n) is 8.13. The zero-order valence-electron chi connectivity index (χ0n) is 17.8. The smallest absolute Gasteiger partial charge is 0.332 e. The quantitative estimate of drug-likeness (QED) is 0.380. The van der Waals surface area contributed by atoms with E-state index in [9.17, 15) is 26.7 Å². The molecule has 3 heterocycles. The van der Waals surface area contributed by atoms with Gasteiger partial charge >= 0.3 is 6.18 Å². The zero-order chi connectivity index (χ0) is 24.2. The van der Waals surface area contributed by atoms with E-state index < -0.39 is 29.3 Å². The number of hydrogen-bond donors (Lipinski definition) is 0. The summed E-state index contributed by atoms with van der Waals surface area (Å²) in [6.07, 6.45) is -3.06. The van der Waals surface area contributed by atoms with E-state index in [-0.39, 0.29) is 29.6 Å². The lowest BCUT2D eigenvalue weighted by Gasteiger charge is -2.27. The van der Waals surface area contributed by atoms with Crippen molar-refractivity contribution < 1.29 is 26.7 Å². The fraction of sp³-hybridized carbons (Fsp3) is 0.208. The Kier molecular flexibility index (Phi) is 5.11. The van der Waals surface area contributed by atoms with Crippen LogP contribution in [0.2, 0.25) is 0 Å². The molecule has 1 aliphatic rings. The van der Waals surface area contributed by atoms with Crippen LogP contribution in [0.4, 0.5) is 22.0 Å². The average Bonchev–Trinajstić information content (AvgIpc) is 3.11. The highest BCUT2D eigenvalue weighted by Gasteiger charge is 2.35. The van der Waals surface area contributed by atoms with Crippen LogP contribution in [0, 0.1) is 11.6 Å². The van der Waals surface area contributed by atoms with Gasteiger partial charge in [0.15, 0.2) is 0 Å². The van der Waals surface area contributed by atoms with Gasteiger partial charge in [0, 0.05) is 47.9 Å². The van der Waals surface area contributed by atoms with Gasteiger partial charge < -0.3 is 4.90 Å². The van der Waals surface area contributed by atoms with Crippen LogP contribution in [0.5, 0.6) is 0 Å². The number of carbonyl (C=O) groups excluding carboxylic acids is 1. The molecule has 2 aromatic heterocycles. The first-order chi connectivity index (χ1) is 16.1. The number of pyridine rings is 1. The van der Waals surface area contributed by atoms with Gasteiger partial charge in [-0.1, -0.05) is 6.07 Å². The Hall–Kier alpha value is -3.82. The molecule has 0 bridgehead atoms. The van der Waals surface area contributed by atoms with Crippen molar-refractivity contribution in [2.75, 3.05) is 6.54 Å². The third-order valence-electron chi connectivity index (χ3n) is 5.88. The fourth-order valence-corrected chi connectivity index (χ4v) is 4.46. The number of alkyl halides is 3. The van der Waals surface area contributed by atoms with Crippen LogP contribution in [0.15, 0.2) is 48.7 Å². The number of aryl methyl sites for hydroxylation is 1. The molecule has 2 aromatic carbocycles. The maximum Gasteiger partial charge on any atom is 0.418 e. The first-order valence-corrected chi connectivity index (χ1v) is 10.4. The molecular formula is C24H17F5N4O. The minimum Gasteiger partial charge on any atom is -0.332 e. The molecule has 0 saturated carbocycles. The van der Waals surface area contributed by atoms with E-state index in [1.807, 2.05) is 0 Å². The van der Waals surface area contributed by atoms with Crippen molar-refractivity contribution in [3.8, 4) is 11.3 Å². The molecule has 0 radical (unpaired) electrons. The third-order valence-corrected chi connectivity index (χ3v) is 5.88. The SMILES string of the molecule is Cn1nc2c(c1-c1cc(F)cc(F)c1)CCN(C(=O)c1cc(C(F)(F)F)c3ncccc3c1)C2. The topological polar surface area (TPSA) is 51.0 Å². The van der Waals surface area contributed by atoms with E-state index in [4.69, 9.17) is 0 Å². The first kappa shape index (κ1) is 22.0. The number of hydrogen-bond acceptors (Lipinski definition) is 3. The molecule has 0 aliphatic carbocycles. The average molecular weight is 472 g/mol. The zero-order valence-corrected chi connectivity index (χ0v) is 17.8. The maximum atomic E-state index is 13.8. The van der Waals surface area contributed by atoms with E-state index in [1.54, 1.807) is 7.05 Å². The molecule has 5 rings (SSSR count). The molecule has 0 saturated heterocycles. The molecule has 0 atom stereocenters. The summed E-state index contributed by atoms with van der Waals surface area (Å²) in [6, 6.07) is 8.40. The van der Waals surface area contributed by atoms with Crippen LogP contribution in [0.25, 0.3) is 22.2 Å². The van der Waals surface area contributed by atoms with Gasteiger partial charge in [-0.3, -0.25) is 14.5 Å². The number of halogens is 5. The Bertz CT molecular complexity index is 1420. The van der Waals surface area contributed by atoms with E-state index in [0.717, 1.165) is 17.7 Å². The second kappa shape index (κ2) is 7.89. The number of fused-ring (bicyclic) bond motifs is 2. The third kappa shape index (κ3) is 3.78. The summed E-state index contributed by atoms with van der Waals surface area (Å²) in [5.74, 6) is -2.00. The molecule has 10 heteroatoms. The van der Waals surface area contributed by atoms with Gasteiger partial charge in [-0.25, -0.2) is 8.78 Å². The minimum atomic E-state index is -4.67. The molecule has 1 aliphatic heterocycles. The highest BCUT2D eigenvalue weighted by atomic mass is 19.4. The highest BCUT2D eigenvalue weighted by Crippen LogP contribution is 2.36. The molecule has 0 spiro atoms. The van der Waals surface area contributed by atoms with Crippen molar-refractivity contribution in [2.24, 2.45) is 7.05 Å². The van der Waals surface area contributed by atoms with Gasteiger partial charge in [0.1, 0.15) is 11.6 Å². The van der Waals surface area contributed by atoms with Crippen LogP contribution >= 0.6 is 0 Å². The van der Waals surface area contributed by atoms with Crippen LogP contribution in [0.1, 0.15) is 27.2 Å². The normalized spacial score (nSPS) is 13.9. The number of carbonyl (C=O) groups is 1. The molecule has 0 fully saturated rings. The molecule has 0 N–H and O–H groups in total. The summed E-state index contributed by atoms with van der Waals surface area (Å²) < 4.78 is 69.9. The second-order valence-corrected chi connectivity index (χ2v) is 8.13. The van der Waals surface area contributed by atoms with E-state index in [1.165, 1.54) is 46.1 Å². The van der Waals surface area contributed by atoms with Gasteiger partial charge in [0.05, 0.1) is 29.0 Å². The lowest BCUT2D eigenvalue weighted by Crippen LogP contribution is -2.36. The Labute approximate surface area is 190 Å². The van der Waals surface area contributed by atoms with Crippen molar-refractivity contribution in [3.63, 3.8) is 0 Å². The summed E-state index contributed by atoms with van der Waals surface area (Å²) in [5.41, 5.74) is 0.848. The minimum absolute atomic E-state index is 0.0617. The van der Waals surface area contributed by atoms with Crippen molar-refractivity contribution >= 4 is 16.8 Å². The van der Waals surface area contributed by atoms with Crippen molar-refractivity contribution in [1.82, 2.24) is 19.7 Å². The standard InChI is InChI=1S/C24H17F5N4O/c1-32-22(14-8-16(25)11-17(26)9-14)18-4-6-33(12-20(18)31-32)23(34)15-7-13-3-2-5-30-21(13)19(10-15)24(27,28)29/h2-3,5,7-11H,4,6,12H2,1H3. The van der Waals surface area contributed by atoms with Crippen LogP contribution in [-0.4, -0.2) is 32.1 Å². The maximum absolute atomic E-state index is 13.8. The number of rotatable bonds is 2. The highest BCUT2D eigenvalue weighted by molar-refractivity contribution is 5.99. The molecule has 34 heavy (non-hydrogen) atoms. The fourth-order valence-electron chi connectivity index (χ4n) is 4.46. The molecule has 4 aromatic rings. The largest absolute Gasteiger partial charge is 0.418 e. The molecule has 1 amide bonds. The number of amides is 1. The van der Waals surface area contributed by atoms with Gasteiger partial charge in [-0.05, 0) is 36.8 Å². The Morgan fingerprint density at radius 1 is 1.06 bits per heavy atom. The van der Waals surface area contributed by atoms with E-state index in [2.05, 4.69) is 10.1 Å². The molecule has 5 nitrogen and oxygen atoms in total. The van der Waals surface area contributed by atoms with Gasteiger partial charge in [0.2, 0.25) is 0 Å². The predicted molar refractivity (Wildman–Crippen MR) is 114 cm³/mol. The van der Waals surface area contributed by atoms with Crippen molar-refractivity contribution in [1.29, 1.82) is 0 Å². The Morgan fingerprint density at radius 2 is 1.79 bits per heavy atom. The van der Waals surface area contributed by atoms with Crippen molar-refractivity contribution in [3.05, 3.63) is 82.7 Å². The van der Waals surface area contributed by atoms with Gasteiger partial charge in [0.25, 0.3) is 5.91 Å². The molecule has 174 valence electrons. The summed E-state index contributed by atoms with van der Waals surface area (Å²) >= 11 is 0. The number of nitrogens with zero attached hydrogens (tertiary/aromatic N) is 4. The van der Waals surface area contributed by atoms with Gasteiger partial charge in [-0.15, -0.1) is 0 Å². The van der Waals surface area contributed by atoms with Crippen molar-refractivity contribution in [2.45, 2.75) is 19.1 Å². The summed E-state index contributed by atoms with van der Waals surface area (Å²) in [6.45, 7) is 0.279. The van der Waals surface area contributed by atoms with E-state index in [0.29, 0.717) is 23.4 Å². The number of aromatic nitrogens is 3. The Morgan fingerprint density at radius 3 is 2.50 bits per heavy atom. The van der Waals surface area contributed by atoms with Crippen LogP contribution in [0.3, 0.4) is 0 Å². The summed E-state index contributed by atoms with van der Waals surface area (Å²) in [4.78, 5) is 18.4. The van der Waals surface area contributed by atoms with Gasteiger partial charge in [-0.2, -0.15) is 18.3 Å². The van der Waals surface area contributed by atoms with E-state index >= 15 is 0 Å². The lowest BCUT2D eigenvalue weighted by atomic mass is 9.98. The predicted octanol–water partition coefficient (Wildman–Crippen LogP) is 5.13. The van der Waals surface area contributed by atoms with Crippen LogP contribution in [-0.2, 0) is 26.2 Å². The first-order valence-electron chi connectivity index (χ1n) is 10.4.